The van der Waals surface area contributed by atoms with Crippen molar-refractivity contribution in [1.29, 1.82) is 0 Å². The molecule has 0 unspecified atom stereocenters. The third-order valence-corrected chi connectivity index (χ3v) is 4.68. The fourth-order valence-corrected chi connectivity index (χ4v) is 3.12. The van der Waals surface area contributed by atoms with Gasteiger partial charge < -0.3 is 25.0 Å². The van der Waals surface area contributed by atoms with Gasteiger partial charge in [0.25, 0.3) is 0 Å². The molecule has 1 aliphatic rings. The summed E-state index contributed by atoms with van der Waals surface area (Å²) >= 11 is 0. The SMILES string of the molecule is COc1cccc(Oc2ccc(CNC(=O)NCCN3CCCCC3)cn2)c1. The van der Waals surface area contributed by atoms with E-state index in [1.165, 1.54) is 19.3 Å². The van der Waals surface area contributed by atoms with Gasteiger partial charge in [0.15, 0.2) is 0 Å². The van der Waals surface area contributed by atoms with Gasteiger partial charge in [-0.15, -0.1) is 0 Å². The Hall–Kier alpha value is -2.80. The van der Waals surface area contributed by atoms with Gasteiger partial charge in [0, 0.05) is 38.0 Å². The summed E-state index contributed by atoms with van der Waals surface area (Å²) in [5.41, 5.74) is 0.907. The molecule has 150 valence electrons. The summed E-state index contributed by atoms with van der Waals surface area (Å²) < 4.78 is 10.9. The van der Waals surface area contributed by atoms with Crippen LogP contribution in [0.2, 0.25) is 0 Å². The lowest BCUT2D eigenvalue weighted by atomic mass is 10.1. The average molecular weight is 384 g/mol. The lowest BCUT2D eigenvalue weighted by Gasteiger charge is -2.26. The number of rotatable bonds is 8. The van der Waals surface area contributed by atoms with E-state index < -0.39 is 0 Å². The van der Waals surface area contributed by atoms with Gasteiger partial charge in [-0.2, -0.15) is 0 Å². The first-order valence-electron chi connectivity index (χ1n) is 9.74. The van der Waals surface area contributed by atoms with Crippen molar-refractivity contribution in [2.45, 2.75) is 25.8 Å². The molecule has 0 saturated carbocycles. The topological polar surface area (TPSA) is 75.7 Å². The Morgan fingerprint density at radius 1 is 1.11 bits per heavy atom. The number of aromatic nitrogens is 1. The molecule has 1 fully saturated rings. The zero-order chi connectivity index (χ0) is 19.6. The van der Waals surface area contributed by atoms with E-state index in [4.69, 9.17) is 9.47 Å². The van der Waals surface area contributed by atoms with Crippen molar-refractivity contribution in [1.82, 2.24) is 20.5 Å². The van der Waals surface area contributed by atoms with Crippen LogP contribution in [-0.4, -0.2) is 49.2 Å². The maximum Gasteiger partial charge on any atom is 0.315 e. The number of hydrogen-bond donors (Lipinski definition) is 2. The lowest BCUT2D eigenvalue weighted by molar-refractivity contribution is 0.220. The minimum Gasteiger partial charge on any atom is -0.497 e. The van der Waals surface area contributed by atoms with E-state index in [0.717, 1.165) is 30.9 Å². The van der Waals surface area contributed by atoms with Gasteiger partial charge in [0.2, 0.25) is 5.88 Å². The van der Waals surface area contributed by atoms with Crippen molar-refractivity contribution < 1.29 is 14.3 Å². The summed E-state index contributed by atoms with van der Waals surface area (Å²) in [6.45, 7) is 4.27. The highest BCUT2D eigenvalue weighted by Crippen LogP contribution is 2.23. The second-order valence-corrected chi connectivity index (χ2v) is 6.80. The van der Waals surface area contributed by atoms with Crippen LogP contribution in [0.3, 0.4) is 0 Å². The Morgan fingerprint density at radius 3 is 2.68 bits per heavy atom. The number of methoxy groups -OCH3 is 1. The molecule has 2 amide bonds. The van der Waals surface area contributed by atoms with Crippen LogP contribution < -0.4 is 20.1 Å². The molecule has 0 bridgehead atoms. The molecule has 3 rings (SSSR count). The van der Waals surface area contributed by atoms with E-state index in [9.17, 15) is 4.79 Å². The molecule has 1 aromatic heterocycles. The summed E-state index contributed by atoms with van der Waals surface area (Å²) in [7, 11) is 1.61. The number of benzene rings is 1. The summed E-state index contributed by atoms with van der Waals surface area (Å²) in [5, 5.41) is 5.76. The van der Waals surface area contributed by atoms with Gasteiger partial charge in [-0.05, 0) is 43.6 Å². The average Bonchev–Trinajstić information content (AvgIpc) is 2.74. The van der Waals surface area contributed by atoms with E-state index in [0.29, 0.717) is 24.7 Å². The summed E-state index contributed by atoms with van der Waals surface area (Å²) in [6, 6.07) is 10.9. The van der Waals surface area contributed by atoms with Crippen molar-refractivity contribution in [2.75, 3.05) is 33.3 Å². The summed E-state index contributed by atoms with van der Waals surface area (Å²) in [6.07, 6.45) is 5.54. The number of carbonyl (C=O) groups is 1. The predicted molar refractivity (Wildman–Crippen MR) is 108 cm³/mol. The molecule has 0 radical (unpaired) electrons. The molecular formula is C21H28N4O3. The number of likely N-dealkylation sites (tertiary alicyclic amines) is 1. The molecule has 0 spiro atoms. The number of carbonyl (C=O) groups excluding carboxylic acids is 1. The van der Waals surface area contributed by atoms with Crippen LogP contribution in [0.25, 0.3) is 0 Å². The second-order valence-electron chi connectivity index (χ2n) is 6.80. The zero-order valence-corrected chi connectivity index (χ0v) is 16.3. The third-order valence-electron chi connectivity index (χ3n) is 4.68. The zero-order valence-electron chi connectivity index (χ0n) is 16.3. The van der Waals surface area contributed by atoms with Crippen molar-refractivity contribution in [3.63, 3.8) is 0 Å². The number of piperidine rings is 1. The molecule has 2 aromatic rings. The monoisotopic (exact) mass is 384 g/mol. The van der Waals surface area contributed by atoms with Gasteiger partial charge in [-0.3, -0.25) is 0 Å². The van der Waals surface area contributed by atoms with Crippen LogP contribution in [0.15, 0.2) is 42.6 Å². The Kier molecular flexibility index (Phi) is 7.49. The number of ether oxygens (including phenoxy) is 2. The Bertz CT molecular complexity index is 746. The molecule has 0 aliphatic carbocycles. The molecule has 7 heteroatoms. The quantitative estimate of drug-likeness (QED) is 0.731. The lowest BCUT2D eigenvalue weighted by Crippen LogP contribution is -2.41. The first kappa shape index (κ1) is 19.9. The van der Waals surface area contributed by atoms with E-state index in [2.05, 4.69) is 20.5 Å². The minimum atomic E-state index is -0.159. The Labute approximate surface area is 166 Å². The maximum atomic E-state index is 11.9. The van der Waals surface area contributed by atoms with Crippen LogP contribution in [0.1, 0.15) is 24.8 Å². The van der Waals surface area contributed by atoms with Crippen LogP contribution in [0, 0.1) is 0 Å². The van der Waals surface area contributed by atoms with E-state index >= 15 is 0 Å². The first-order valence-corrected chi connectivity index (χ1v) is 9.74. The Balaban J connectivity index is 1.38. The summed E-state index contributed by atoms with van der Waals surface area (Å²) in [5.74, 6) is 1.87. The highest BCUT2D eigenvalue weighted by atomic mass is 16.5. The molecule has 0 atom stereocenters. The number of nitrogens with zero attached hydrogens (tertiary/aromatic N) is 2. The molecule has 1 aliphatic heterocycles. The van der Waals surface area contributed by atoms with Gasteiger partial charge in [-0.25, -0.2) is 9.78 Å². The van der Waals surface area contributed by atoms with Crippen LogP contribution in [0.4, 0.5) is 4.79 Å². The molecule has 28 heavy (non-hydrogen) atoms. The number of amides is 2. The fourth-order valence-electron chi connectivity index (χ4n) is 3.12. The molecular weight excluding hydrogens is 356 g/mol. The highest BCUT2D eigenvalue weighted by molar-refractivity contribution is 5.73. The Morgan fingerprint density at radius 2 is 1.93 bits per heavy atom. The van der Waals surface area contributed by atoms with Crippen LogP contribution >= 0.6 is 0 Å². The number of nitrogens with one attached hydrogen (secondary N) is 2. The molecule has 1 saturated heterocycles. The van der Waals surface area contributed by atoms with Gasteiger partial charge in [0.1, 0.15) is 11.5 Å². The van der Waals surface area contributed by atoms with Crippen molar-refractivity contribution in [3.8, 4) is 17.4 Å². The smallest absolute Gasteiger partial charge is 0.315 e. The second kappa shape index (κ2) is 10.5. The van der Waals surface area contributed by atoms with Gasteiger partial charge in [-0.1, -0.05) is 18.6 Å². The van der Waals surface area contributed by atoms with Crippen LogP contribution in [-0.2, 0) is 6.54 Å². The van der Waals surface area contributed by atoms with Crippen molar-refractivity contribution in [3.05, 3.63) is 48.2 Å². The number of urea groups is 1. The normalized spacial score (nSPS) is 14.3. The molecule has 2 heterocycles. The van der Waals surface area contributed by atoms with Crippen LogP contribution in [0.5, 0.6) is 17.4 Å². The number of pyridine rings is 1. The first-order chi connectivity index (χ1) is 13.7. The largest absolute Gasteiger partial charge is 0.497 e. The van der Waals surface area contributed by atoms with Crippen molar-refractivity contribution in [2.24, 2.45) is 0 Å². The van der Waals surface area contributed by atoms with E-state index in [1.54, 1.807) is 25.4 Å². The van der Waals surface area contributed by atoms with E-state index in [1.807, 2.05) is 24.3 Å². The number of hydrogen-bond acceptors (Lipinski definition) is 5. The van der Waals surface area contributed by atoms with E-state index in [-0.39, 0.29) is 6.03 Å². The minimum absolute atomic E-state index is 0.159. The highest BCUT2D eigenvalue weighted by Gasteiger charge is 2.10. The standard InChI is InChI=1S/C21H28N4O3/c1-27-18-6-5-7-19(14-18)28-20-9-8-17(15-23-20)16-24-21(26)22-10-13-25-11-3-2-4-12-25/h5-9,14-15H,2-4,10-13,16H2,1H3,(H2,22,24,26). The predicted octanol–water partition coefficient (Wildman–Crippen LogP) is 3.17. The molecule has 2 N–H and O–H groups in total. The third kappa shape index (κ3) is 6.42. The maximum absolute atomic E-state index is 11.9. The summed E-state index contributed by atoms with van der Waals surface area (Å²) in [4.78, 5) is 18.6. The molecule has 7 nitrogen and oxygen atoms in total. The van der Waals surface area contributed by atoms with Crippen molar-refractivity contribution >= 4 is 6.03 Å². The fraction of sp³-hybridized carbons (Fsp3) is 0.429. The van der Waals surface area contributed by atoms with Gasteiger partial charge >= 0.3 is 6.03 Å². The molecule has 1 aromatic carbocycles. The van der Waals surface area contributed by atoms with Gasteiger partial charge in [0.05, 0.1) is 7.11 Å².